The first kappa shape index (κ1) is 13.1. The lowest BCUT2D eigenvalue weighted by Crippen LogP contribution is -2.19. The second-order valence-corrected chi connectivity index (χ2v) is 5.39. The molecule has 1 heterocycles. The quantitative estimate of drug-likeness (QED) is 0.597. The van der Waals surface area contributed by atoms with Gasteiger partial charge in [0.05, 0.1) is 5.75 Å². The first-order valence-electron chi connectivity index (χ1n) is 4.62. The monoisotopic (exact) mass is 264 g/mol. The number of aromatic nitrogens is 2. The molecule has 1 aromatic heterocycles. The van der Waals surface area contributed by atoms with Crippen LogP contribution in [0.1, 0.15) is 12.2 Å². The number of aryl methyl sites for hydroxylation is 1. The molecule has 0 aromatic carbocycles. The number of nitrogens with zero attached hydrogens (tertiary/aromatic N) is 2. The molecule has 0 spiro atoms. The zero-order valence-electron chi connectivity index (χ0n) is 8.77. The summed E-state index contributed by atoms with van der Waals surface area (Å²) < 4.78 is 21.3. The highest BCUT2D eigenvalue weighted by Gasteiger charge is 2.03. The Labute approximate surface area is 99.3 Å². The van der Waals surface area contributed by atoms with E-state index in [1.54, 1.807) is 13.0 Å². The third kappa shape index (κ3) is 5.24. The van der Waals surface area contributed by atoms with E-state index in [1.165, 1.54) is 0 Å². The largest absolute Gasteiger partial charge is 0.370 e. The highest BCUT2D eigenvalue weighted by molar-refractivity contribution is 7.89. The summed E-state index contributed by atoms with van der Waals surface area (Å²) in [6.07, 6.45) is 0.416. The van der Waals surface area contributed by atoms with Gasteiger partial charge in [0.1, 0.15) is 16.8 Å². The smallest absolute Gasteiger partial charge is 0.209 e. The lowest BCUT2D eigenvalue weighted by molar-refractivity contribution is 0.595. The van der Waals surface area contributed by atoms with Crippen LogP contribution in [0.5, 0.6) is 0 Å². The highest BCUT2D eigenvalue weighted by atomic mass is 35.5. The number of hydrogen-bond acceptors (Lipinski definition) is 5. The number of halogens is 1. The molecule has 0 saturated carbocycles. The van der Waals surface area contributed by atoms with Crippen LogP contribution in [-0.2, 0) is 10.0 Å². The fourth-order valence-corrected chi connectivity index (χ4v) is 1.88. The van der Waals surface area contributed by atoms with Crippen molar-refractivity contribution in [3.8, 4) is 0 Å². The summed E-state index contributed by atoms with van der Waals surface area (Å²) >= 11 is 5.73. The van der Waals surface area contributed by atoms with Crippen molar-refractivity contribution in [2.45, 2.75) is 13.3 Å². The second kappa shape index (κ2) is 5.42. The van der Waals surface area contributed by atoms with Crippen molar-refractivity contribution in [2.75, 3.05) is 17.6 Å². The molecule has 0 bridgehead atoms. The first-order chi connectivity index (χ1) is 7.37. The zero-order valence-corrected chi connectivity index (χ0v) is 10.3. The Morgan fingerprint density at radius 2 is 2.19 bits per heavy atom. The van der Waals surface area contributed by atoms with Crippen LogP contribution < -0.4 is 10.5 Å². The fourth-order valence-electron chi connectivity index (χ4n) is 1.11. The minimum Gasteiger partial charge on any atom is -0.370 e. The van der Waals surface area contributed by atoms with Crippen LogP contribution >= 0.6 is 11.6 Å². The van der Waals surface area contributed by atoms with E-state index in [1.807, 2.05) is 0 Å². The molecule has 1 aromatic rings. The summed E-state index contributed by atoms with van der Waals surface area (Å²) in [7, 11) is -3.39. The van der Waals surface area contributed by atoms with Crippen molar-refractivity contribution in [3.63, 3.8) is 0 Å². The molecule has 0 aliphatic carbocycles. The maximum atomic E-state index is 10.7. The molecule has 0 fully saturated rings. The fraction of sp³-hybridized carbons (Fsp3) is 0.500. The standard InChI is InChI=1S/C8H13ClN4O2S/c1-6-12-7(9)5-8(13-6)11-3-2-4-16(10,14)15/h5H,2-4H2,1H3,(H2,10,14,15)(H,11,12,13). The minimum atomic E-state index is -3.39. The van der Waals surface area contributed by atoms with Gasteiger partial charge in [-0.2, -0.15) is 0 Å². The van der Waals surface area contributed by atoms with Crippen LogP contribution in [-0.4, -0.2) is 30.7 Å². The number of sulfonamides is 1. The van der Waals surface area contributed by atoms with E-state index in [-0.39, 0.29) is 5.75 Å². The number of nitrogens with two attached hydrogens (primary N) is 1. The van der Waals surface area contributed by atoms with Gasteiger partial charge in [0.2, 0.25) is 10.0 Å². The van der Waals surface area contributed by atoms with Crippen molar-refractivity contribution in [1.82, 2.24) is 9.97 Å². The SMILES string of the molecule is Cc1nc(Cl)cc(NCCCS(N)(=O)=O)n1. The number of hydrogen-bond donors (Lipinski definition) is 2. The second-order valence-electron chi connectivity index (χ2n) is 3.27. The van der Waals surface area contributed by atoms with E-state index in [9.17, 15) is 8.42 Å². The van der Waals surface area contributed by atoms with E-state index < -0.39 is 10.0 Å². The topological polar surface area (TPSA) is 98.0 Å². The van der Waals surface area contributed by atoms with Gasteiger partial charge in [-0.05, 0) is 13.3 Å². The molecule has 3 N–H and O–H groups in total. The van der Waals surface area contributed by atoms with Gasteiger partial charge < -0.3 is 5.32 Å². The van der Waals surface area contributed by atoms with Crippen LogP contribution in [0.2, 0.25) is 5.15 Å². The third-order valence-electron chi connectivity index (χ3n) is 1.72. The van der Waals surface area contributed by atoms with Gasteiger partial charge in [-0.1, -0.05) is 11.6 Å². The maximum Gasteiger partial charge on any atom is 0.209 e. The molecule has 90 valence electrons. The van der Waals surface area contributed by atoms with Gasteiger partial charge in [0.25, 0.3) is 0 Å². The lowest BCUT2D eigenvalue weighted by atomic mass is 10.4. The summed E-state index contributed by atoms with van der Waals surface area (Å²) in [6.45, 7) is 2.19. The molecule has 16 heavy (non-hydrogen) atoms. The van der Waals surface area contributed by atoms with E-state index >= 15 is 0 Å². The minimum absolute atomic E-state index is 0.0577. The Morgan fingerprint density at radius 3 is 2.75 bits per heavy atom. The van der Waals surface area contributed by atoms with Crippen LogP contribution in [0.15, 0.2) is 6.07 Å². The Kier molecular flexibility index (Phi) is 4.45. The first-order valence-corrected chi connectivity index (χ1v) is 6.72. The maximum absolute atomic E-state index is 10.7. The van der Waals surface area contributed by atoms with Gasteiger partial charge >= 0.3 is 0 Å². The van der Waals surface area contributed by atoms with Gasteiger partial charge in [-0.25, -0.2) is 23.5 Å². The summed E-state index contributed by atoms with van der Waals surface area (Å²) in [5, 5.41) is 8.15. The molecule has 6 nitrogen and oxygen atoms in total. The number of primary sulfonamides is 1. The van der Waals surface area contributed by atoms with Crippen molar-refractivity contribution >= 4 is 27.4 Å². The van der Waals surface area contributed by atoms with Crippen molar-refractivity contribution < 1.29 is 8.42 Å². The molecule has 0 unspecified atom stereocenters. The number of rotatable bonds is 5. The number of anilines is 1. The third-order valence-corrected chi connectivity index (χ3v) is 2.77. The van der Waals surface area contributed by atoms with Gasteiger partial charge in [-0.3, -0.25) is 0 Å². The molecule has 0 aliphatic heterocycles. The Hall–Kier alpha value is -0.920. The van der Waals surface area contributed by atoms with Crippen molar-refractivity contribution in [3.05, 3.63) is 17.0 Å². The van der Waals surface area contributed by atoms with Gasteiger partial charge in [-0.15, -0.1) is 0 Å². The van der Waals surface area contributed by atoms with Crippen molar-refractivity contribution in [1.29, 1.82) is 0 Å². The highest BCUT2D eigenvalue weighted by Crippen LogP contribution is 2.10. The molecule has 0 aliphatic rings. The Morgan fingerprint density at radius 1 is 1.50 bits per heavy atom. The van der Waals surface area contributed by atoms with Crippen LogP contribution in [0.25, 0.3) is 0 Å². The zero-order chi connectivity index (χ0) is 12.2. The van der Waals surface area contributed by atoms with Crippen LogP contribution in [0.4, 0.5) is 5.82 Å². The molecule has 1 rings (SSSR count). The molecule has 0 amide bonds. The average molecular weight is 265 g/mol. The average Bonchev–Trinajstić information content (AvgIpc) is 2.09. The summed E-state index contributed by atoms with van der Waals surface area (Å²) in [5.74, 6) is 1.08. The summed E-state index contributed by atoms with van der Waals surface area (Å²) in [5.41, 5.74) is 0. The van der Waals surface area contributed by atoms with Crippen LogP contribution in [0, 0.1) is 6.92 Å². The number of nitrogens with one attached hydrogen (secondary N) is 1. The molecular weight excluding hydrogens is 252 g/mol. The van der Waals surface area contributed by atoms with E-state index in [2.05, 4.69) is 15.3 Å². The summed E-state index contributed by atoms with van der Waals surface area (Å²) in [6, 6.07) is 1.57. The predicted molar refractivity (Wildman–Crippen MR) is 62.9 cm³/mol. The summed E-state index contributed by atoms with van der Waals surface area (Å²) in [4.78, 5) is 7.98. The Bertz CT molecular complexity index is 443. The molecular formula is C8H13ClN4O2S. The van der Waals surface area contributed by atoms with Crippen LogP contribution in [0.3, 0.4) is 0 Å². The van der Waals surface area contributed by atoms with Gasteiger partial charge in [0, 0.05) is 12.6 Å². The molecule has 0 saturated heterocycles. The molecule has 0 radical (unpaired) electrons. The van der Waals surface area contributed by atoms with E-state index in [0.717, 1.165) is 0 Å². The molecule has 0 atom stereocenters. The van der Waals surface area contributed by atoms with Crippen molar-refractivity contribution in [2.24, 2.45) is 5.14 Å². The predicted octanol–water partition coefficient (Wildman–Crippen LogP) is 0.529. The van der Waals surface area contributed by atoms with E-state index in [4.69, 9.17) is 16.7 Å². The molecule has 8 heteroatoms. The Balaban J connectivity index is 2.43. The van der Waals surface area contributed by atoms with Gasteiger partial charge in [0.15, 0.2) is 0 Å². The van der Waals surface area contributed by atoms with E-state index in [0.29, 0.717) is 29.8 Å². The lowest BCUT2D eigenvalue weighted by Gasteiger charge is -2.05. The normalized spacial score (nSPS) is 11.4.